The molecule has 0 bridgehead atoms. The van der Waals surface area contributed by atoms with Gasteiger partial charge in [0.25, 0.3) is 0 Å². The van der Waals surface area contributed by atoms with Crippen molar-refractivity contribution in [2.24, 2.45) is 11.7 Å². The van der Waals surface area contributed by atoms with Crippen LogP contribution in [0.1, 0.15) is 25.1 Å². The number of likely N-dealkylation sites (tertiary alicyclic amines) is 1. The van der Waals surface area contributed by atoms with Crippen LogP contribution in [0.25, 0.3) is 0 Å². The zero-order valence-electron chi connectivity index (χ0n) is 8.95. The molecule has 0 aromatic carbocycles. The van der Waals surface area contributed by atoms with E-state index in [9.17, 15) is 0 Å². The molecule has 2 rings (SSSR count). The third-order valence-corrected chi connectivity index (χ3v) is 3.65. The molecule has 84 valence electrons. The SMILES string of the molecule is CCN1CCC(CN)C1c1ccc(Br)o1. The highest BCUT2D eigenvalue weighted by Crippen LogP contribution is 2.37. The molecule has 0 spiro atoms. The Morgan fingerprint density at radius 2 is 2.40 bits per heavy atom. The van der Waals surface area contributed by atoms with Gasteiger partial charge in [-0.05, 0) is 60.0 Å². The van der Waals surface area contributed by atoms with Crippen LogP contribution in [-0.2, 0) is 0 Å². The summed E-state index contributed by atoms with van der Waals surface area (Å²) in [5.41, 5.74) is 5.81. The van der Waals surface area contributed by atoms with Crippen molar-refractivity contribution in [2.45, 2.75) is 19.4 Å². The molecule has 0 saturated carbocycles. The minimum atomic E-state index is 0.367. The van der Waals surface area contributed by atoms with Crippen molar-refractivity contribution in [2.75, 3.05) is 19.6 Å². The fourth-order valence-corrected chi connectivity index (χ4v) is 2.75. The average molecular weight is 273 g/mol. The first-order valence-corrected chi connectivity index (χ1v) is 6.25. The molecule has 1 aromatic rings. The third kappa shape index (κ3) is 2.12. The smallest absolute Gasteiger partial charge is 0.169 e. The summed E-state index contributed by atoms with van der Waals surface area (Å²) in [7, 11) is 0. The van der Waals surface area contributed by atoms with E-state index in [-0.39, 0.29) is 0 Å². The highest BCUT2D eigenvalue weighted by molar-refractivity contribution is 9.10. The molecule has 2 unspecified atom stereocenters. The first kappa shape index (κ1) is 11.2. The molecule has 0 aliphatic carbocycles. The van der Waals surface area contributed by atoms with Crippen LogP contribution in [0.5, 0.6) is 0 Å². The molecule has 2 N–H and O–H groups in total. The number of nitrogens with two attached hydrogens (primary N) is 1. The van der Waals surface area contributed by atoms with Gasteiger partial charge in [-0.3, -0.25) is 4.90 Å². The van der Waals surface area contributed by atoms with Crippen molar-refractivity contribution < 1.29 is 4.42 Å². The summed E-state index contributed by atoms with van der Waals surface area (Å²) in [5.74, 6) is 1.57. The first-order valence-electron chi connectivity index (χ1n) is 5.45. The first-order chi connectivity index (χ1) is 7.26. The largest absolute Gasteiger partial charge is 0.453 e. The fourth-order valence-electron chi connectivity index (χ4n) is 2.43. The third-order valence-electron chi connectivity index (χ3n) is 3.22. The minimum Gasteiger partial charge on any atom is -0.453 e. The maximum absolute atomic E-state index is 5.81. The van der Waals surface area contributed by atoms with Crippen LogP contribution in [0.3, 0.4) is 0 Å². The molecule has 3 nitrogen and oxygen atoms in total. The lowest BCUT2D eigenvalue weighted by molar-refractivity contribution is 0.208. The van der Waals surface area contributed by atoms with E-state index in [1.54, 1.807) is 0 Å². The highest BCUT2D eigenvalue weighted by atomic mass is 79.9. The Bertz CT molecular complexity index is 314. The summed E-state index contributed by atoms with van der Waals surface area (Å²) in [6.45, 7) is 5.10. The van der Waals surface area contributed by atoms with Crippen LogP contribution in [0, 0.1) is 5.92 Å². The maximum Gasteiger partial charge on any atom is 0.169 e. The Morgan fingerprint density at radius 3 is 2.93 bits per heavy atom. The fraction of sp³-hybridized carbons (Fsp3) is 0.636. The number of rotatable bonds is 3. The van der Waals surface area contributed by atoms with Gasteiger partial charge >= 0.3 is 0 Å². The average Bonchev–Trinajstić information content (AvgIpc) is 2.82. The van der Waals surface area contributed by atoms with Gasteiger partial charge < -0.3 is 10.2 Å². The predicted octanol–water partition coefficient (Wildman–Crippen LogP) is 2.38. The molecule has 1 saturated heterocycles. The lowest BCUT2D eigenvalue weighted by atomic mass is 9.98. The second-order valence-corrected chi connectivity index (χ2v) is 4.78. The van der Waals surface area contributed by atoms with Gasteiger partial charge in [-0.1, -0.05) is 6.92 Å². The lowest BCUT2D eigenvalue weighted by Crippen LogP contribution is -2.27. The number of halogens is 1. The molecule has 1 aliphatic rings. The van der Waals surface area contributed by atoms with Crippen molar-refractivity contribution in [3.8, 4) is 0 Å². The summed E-state index contributed by atoms with van der Waals surface area (Å²) >= 11 is 3.35. The van der Waals surface area contributed by atoms with E-state index in [1.807, 2.05) is 12.1 Å². The van der Waals surface area contributed by atoms with Gasteiger partial charge in [-0.25, -0.2) is 0 Å². The second kappa shape index (κ2) is 4.68. The van der Waals surface area contributed by atoms with E-state index in [2.05, 4.69) is 27.8 Å². The highest BCUT2D eigenvalue weighted by Gasteiger charge is 2.35. The summed E-state index contributed by atoms with van der Waals surface area (Å²) in [4.78, 5) is 2.43. The Morgan fingerprint density at radius 1 is 1.60 bits per heavy atom. The van der Waals surface area contributed by atoms with Crippen LogP contribution in [0.2, 0.25) is 0 Å². The van der Waals surface area contributed by atoms with E-state index in [0.29, 0.717) is 12.0 Å². The number of hydrogen-bond acceptors (Lipinski definition) is 3. The van der Waals surface area contributed by atoms with Gasteiger partial charge in [0.15, 0.2) is 4.67 Å². The van der Waals surface area contributed by atoms with Gasteiger partial charge in [0, 0.05) is 0 Å². The molecule has 15 heavy (non-hydrogen) atoms. The molecule has 1 fully saturated rings. The lowest BCUT2D eigenvalue weighted by Gasteiger charge is -2.24. The van der Waals surface area contributed by atoms with E-state index in [1.165, 1.54) is 6.42 Å². The molecule has 1 aromatic heterocycles. The Balaban J connectivity index is 2.22. The van der Waals surface area contributed by atoms with Crippen molar-refractivity contribution in [3.63, 3.8) is 0 Å². The monoisotopic (exact) mass is 272 g/mol. The van der Waals surface area contributed by atoms with Gasteiger partial charge in [0.05, 0.1) is 6.04 Å². The Kier molecular flexibility index (Phi) is 3.49. The van der Waals surface area contributed by atoms with Crippen molar-refractivity contribution in [1.82, 2.24) is 4.90 Å². The van der Waals surface area contributed by atoms with Crippen molar-refractivity contribution in [3.05, 3.63) is 22.6 Å². The summed E-state index contributed by atoms with van der Waals surface area (Å²) < 4.78 is 6.45. The molecule has 1 aliphatic heterocycles. The molecule has 4 heteroatoms. The zero-order valence-corrected chi connectivity index (χ0v) is 10.5. The van der Waals surface area contributed by atoms with Crippen LogP contribution >= 0.6 is 15.9 Å². The van der Waals surface area contributed by atoms with Gasteiger partial charge in [0.1, 0.15) is 5.76 Å². The van der Waals surface area contributed by atoms with Gasteiger partial charge in [-0.15, -0.1) is 0 Å². The molecule has 2 atom stereocenters. The Labute approximate surface area is 98.7 Å². The number of hydrogen-bond donors (Lipinski definition) is 1. The molecular formula is C11H17BrN2O. The van der Waals surface area contributed by atoms with E-state index in [4.69, 9.17) is 10.2 Å². The maximum atomic E-state index is 5.81. The normalized spacial score (nSPS) is 27.4. The second-order valence-electron chi connectivity index (χ2n) is 4.00. The molecule has 0 amide bonds. The van der Waals surface area contributed by atoms with Gasteiger partial charge in [-0.2, -0.15) is 0 Å². The minimum absolute atomic E-state index is 0.367. The van der Waals surface area contributed by atoms with Gasteiger partial charge in [0.2, 0.25) is 0 Å². The quantitative estimate of drug-likeness (QED) is 0.919. The van der Waals surface area contributed by atoms with Crippen LogP contribution in [-0.4, -0.2) is 24.5 Å². The summed E-state index contributed by atoms with van der Waals surface area (Å²) in [5, 5.41) is 0. The number of furan rings is 1. The van der Waals surface area contributed by atoms with E-state index < -0.39 is 0 Å². The van der Waals surface area contributed by atoms with Crippen LogP contribution in [0.15, 0.2) is 21.2 Å². The number of nitrogens with zero attached hydrogens (tertiary/aromatic N) is 1. The van der Waals surface area contributed by atoms with Crippen molar-refractivity contribution in [1.29, 1.82) is 0 Å². The van der Waals surface area contributed by atoms with E-state index >= 15 is 0 Å². The van der Waals surface area contributed by atoms with Crippen LogP contribution in [0.4, 0.5) is 0 Å². The molecule has 0 radical (unpaired) electrons. The molecular weight excluding hydrogens is 256 g/mol. The van der Waals surface area contributed by atoms with E-state index in [0.717, 1.165) is 30.1 Å². The van der Waals surface area contributed by atoms with Crippen LogP contribution < -0.4 is 5.73 Å². The Hall–Kier alpha value is -0.320. The summed E-state index contributed by atoms with van der Waals surface area (Å²) in [6.07, 6.45) is 1.17. The topological polar surface area (TPSA) is 42.4 Å². The predicted molar refractivity (Wildman–Crippen MR) is 63.6 cm³/mol. The summed E-state index contributed by atoms with van der Waals surface area (Å²) in [6, 6.07) is 4.37. The standard InChI is InChI=1S/C11H17BrN2O/c1-2-14-6-5-8(7-13)11(14)9-3-4-10(12)15-9/h3-4,8,11H,2,5-7,13H2,1H3. The molecule has 2 heterocycles. The zero-order chi connectivity index (χ0) is 10.8. The van der Waals surface area contributed by atoms with Crippen molar-refractivity contribution >= 4 is 15.9 Å².